The minimum absolute atomic E-state index is 0.527. The molecular weight excluding hydrogens is 152 g/mol. The molecule has 0 saturated carbocycles. The van der Waals surface area contributed by atoms with E-state index in [4.69, 9.17) is 0 Å². The molecule has 0 aliphatic rings. The fraction of sp³-hybridized carbons (Fsp3) is 0.222. The number of H-pyrrole nitrogens is 1. The van der Waals surface area contributed by atoms with E-state index < -0.39 is 6.10 Å². The summed E-state index contributed by atoms with van der Waals surface area (Å²) >= 11 is 0. The van der Waals surface area contributed by atoms with Gasteiger partial charge in [-0.25, -0.2) is 0 Å². The molecule has 0 spiro atoms. The summed E-state index contributed by atoms with van der Waals surface area (Å²) in [5.41, 5.74) is 1.60. The normalized spacial score (nSPS) is 13.5. The Morgan fingerprint density at radius 2 is 2.50 bits per heavy atom. The van der Waals surface area contributed by atoms with Gasteiger partial charge in [-0.1, -0.05) is 12.1 Å². The molecule has 3 nitrogen and oxygen atoms in total. The number of aromatic nitrogens is 2. The van der Waals surface area contributed by atoms with Gasteiger partial charge in [0.2, 0.25) is 0 Å². The van der Waals surface area contributed by atoms with Crippen molar-refractivity contribution in [2.75, 3.05) is 0 Å². The van der Waals surface area contributed by atoms with E-state index in [1.54, 1.807) is 6.92 Å². The van der Waals surface area contributed by atoms with Crippen LogP contribution < -0.4 is 0 Å². The molecule has 0 aliphatic carbocycles. The summed E-state index contributed by atoms with van der Waals surface area (Å²) in [5, 5.41) is 17.1. The number of nitrogens with zero attached hydrogens (tertiary/aromatic N) is 1. The number of hydrogen-bond acceptors (Lipinski definition) is 2. The van der Waals surface area contributed by atoms with Crippen LogP contribution in [0.4, 0.5) is 0 Å². The predicted molar refractivity (Wildman–Crippen MR) is 45.6 cm³/mol. The van der Waals surface area contributed by atoms with Crippen LogP contribution in [0.5, 0.6) is 0 Å². The highest BCUT2D eigenvalue weighted by Crippen LogP contribution is 2.20. The smallest absolute Gasteiger partial charge is 0.0983 e. The zero-order chi connectivity index (χ0) is 8.55. The summed E-state index contributed by atoms with van der Waals surface area (Å²) in [6.45, 7) is 1.70. The Balaban J connectivity index is 2.70. The molecule has 2 N–H and O–H groups in total. The molecule has 12 heavy (non-hydrogen) atoms. The quantitative estimate of drug-likeness (QED) is 0.664. The molecule has 0 bridgehead atoms. The van der Waals surface area contributed by atoms with E-state index in [-0.39, 0.29) is 0 Å². The molecule has 61 valence electrons. The molecule has 0 amide bonds. The molecule has 1 aromatic heterocycles. The highest BCUT2D eigenvalue weighted by atomic mass is 16.3. The van der Waals surface area contributed by atoms with Gasteiger partial charge in [0.15, 0.2) is 0 Å². The summed E-state index contributed by atoms with van der Waals surface area (Å²) < 4.78 is 0. The van der Waals surface area contributed by atoms with Crippen molar-refractivity contribution in [2.24, 2.45) is 0 Å². The van der Waals surface area contributed by atoms with Crippen LogP contribution in [0.15, 0.2) is 18.2 Å². The molecule has 1 heterocycles. The number of nitrogens with one attached hydrogen (secondary N) is 1. The van der Waals surface area contributed by atoms with Gasteiger partial charge in [-0.3, -0.25) is 5.10 Å². The molecule has 2 rings (SSSR count). The van der Waals surface area contributed by atoms with Crippen molar-refractivity contribution in [3.63, 3.8) is 0 Å². The van der Waals surface area contributed by atoms with Crippen LogP contribution in [0, 0.1) is 6.07 Å². The van der Waals surface area contributed by atoms with Crippen LogP contribution in [-0.2, 0) is 0 Å². The molecule has 0 aliphatic heterocycles. The number of hydrogen-bond donors (Lipinski definition) is 2. The van der Waals surface area contributed by atoms with Crippen molar-refractivity contribution >= 4 is 10.9 Å². The monoisotopic (exact) mass is 161 g/mol. The highest BCUT2D eigenvalue weighted by Gasteiger charge is 2.08. The standard InChI is InChI=1S/C9H9N2O/c1-6(12)9-7-4-2-3-5-8(7)10-11-9/h2,4-6,12H,1H3,(H,10,11). The molecule has 1 aromatic carbocycles. The Morgan fingerprint density at radius 1 is 1.67 bits per heavy atom. The van der Waals surface area contributed by atoms with Gasteiger partial charge in [-0.15, -0.1) is 0 Å². The van der Waals surface area contributed by atoms with Crippen molar-refractivity contribution < 1.29 is 5.11 Å². The van der Waals surface area contributed by atoms with Crippen LogP contribution in [0.2, 0.25) is 0 Å². The van der Waals surface area contributed by atoms with Crippen molar-refractivity contribution in [2.45, 2.75) is 13.0 Å². The number of aliphatic hydroxyl groups excluding tert-OH is 1. The Hall–Kier alpha value is -1.35. The van der Waals surface area contributed by atoms with E-state index in [9.17, 15) is 5.11 Å². The van der Waals surface area contributed by atoms with Gasteiger partial charge in [0, 0.05) is 5.39 Å². The Morgan fingerprint density at radius 3 is 3.25 bits per heavy atom. The first-order valence-corrected chi connectivity index (χ1v) is 3.81. The third-order valence-electron chi connectivity index (χ3n) is 1.83. The minimum atomic E-state index is -0.527. The van der Waals surface area contributed by atoms with Gasteiger partial charge < -0.3 is 5.11 Å². The van der Waals surface area contributed by atoms with E-state index in [2.05, 4.69) is 16.3 Å². The maximum atomic E-state index is 9.32. The Kier molecular flexibility index (Phi) is 1.59. The first kappa shape index (κ1) is 7.31. The van der Waals surface area contributed by atoms with Gasteiger partial charge >= 0.3 is 0 Å². The average molecular weight is 161 g/mol. The van der Waals surface area contributed by atoms with Crippen molar-refractivity contribution in [3.05, 3.63) is 30.0 Å². The molecule has 1 atom stereocenters. The second-order valence-electron chi connectivity index (χ2n) is 2.76. The van der Waals surface area contributed by atoms with E-state index in [0.717, 1.165) is 10.9 Å². The lowest BCUT2D eigenvalue weighted by Crippen LogP contribution is -1.91. The second-order valence-corrected chi connectivity index (χ2v) is 2.76. The number of rotatable bonds is 1. The molecule has 3 heteroatoms. The molecule has 0 fully saturated rings. The van der Waals surface area contributed by atoms with Crippen LogP contribution in [0.1, 0.15) is 18.7 Å². The van der Waals surface area contributed by atoms with Crippen LogP contribution in [0.3, 0.4) is 0 Å². The Labute approximate surface area is 70.0 Å². The first-order valence-electron chi connectivity index (χ1n) is 3.81. The molecular formula is C9H9N2O. The third kappa shape index (κ3) is 0.987. The zero-order valence-corrected chi connectivity index (χ0v) is 6.70. The molecule has 1 unspecified atom stereocenters. The number of aromatic amines is 1. The van der Waals surface area contributed by atoms with Crippen LogP contribution in [-0.4, -0.2) is 15.3 Å². The van der Waals surface area contributed by atoms with Crippen LogP contribution >= 0.6 is 0 Å². The van der Waals surface area contributed by atoms with Gasteiger partial charge in [0.05, 0.1) is 17.3 Å². The van der Waals surface area contributed by atoms with E-state index in [1.807, 2.05) is 18.2 Å². The molecule has 1 radical (unpaired) electrons. The largest absolute Gasteiger partial charge is 0.387 e. The van der Waals surface area contributed by atoms with Crippen molar-refractivity contribution in [3.8, 4) is 0 Å². The summed E-state index contributed by atoms with van der Waals surface area (Å²) in [6.07, 6.45) is -0.527. The van der Waals surface area contributed by atoms with Gasteiger partial charge in [0.1, 0.15) is 0 Å². The molecule has 0 saturated heterocycles. The lowest BCUT2D eigenvalue weighted by atomic mass is 10.1. The third-order valence-corrected chi connectivity index (χ3v) is 1.83. The predicted octanol–water partition coefficient (Wildman–Crippen LogP) is 1.42. The lowest BCUT2D eigenvalue weighted by Gasteiger charge is -1.97. The van der Waals surface area contributed by atoms with E-state index >= 15 is 0 Å². The Bertz CT molecular complexity index is 392. The fourth-order valence-corrected chi connectivity index (χ4v) is 1.25. The van der Waals surface area contributed by atoms with E-state index in [1.165, 1.54) is 0 Å². The fourth-order valence-electron chi connectivity index (χ4n) is 1.25. The van der Waals surface area contributed by atoms with Crippen molar-refractivity contribution in [1.29, 1.82) is 0 Å². The number of fused-ring (bicyclic) bond motifs is 1. The SMILES string of the molecule is CC(O)c1n[nH]c2c[c]ccc12. The number of aliphatic hydroxyl groups is 1. The van der Waals surface area contributed by atoms with Gasteiger partial charge in [-0.05, 0) is 19.1 Å². The van der Waals surface area contributed by atoms with Crippen LogP contribution in [0.25, 0.3) is 10.9 Å². The first-order chi connectivity index (χ1) is 5.79. The summed E-state index contributed by atoms with van der Waals surface area (Å²) in [5.74, 6) is 0. The maximum Gasteiger partial charge on any atom is 0.0983 e. The highest BCUT2D eigenvalue weighted by molar-refractivity contribution is 5.81. The summed E-state index contributed by atoms with van der Waals surface area (Å²) in [4.78, 5) is 0. The van der Waals surface area contributed by atoms with E-state index in [0.29, 0.717) is 5.69 Å². The zero-order valence-electron chi connectivity index (χ0n) is 6.70. The summed E-state index contributed by atoms with van der Waals surface area (Å²) in [6, 6.07) is 8.45. The van der Waals surface area contributed by atoms with Gasteiger partial charge in [-0.2, -0.15) is 5.10 Å². The maximum absolute atomic E-state index is 9.32. The lowest BCUT2D eigenvalue weighted by molar-refractivity contribution is 0.195. The van der Waals surface area contributed by atoms with Crippen molar-refractivity contribution in [1.82, 2.24) is 10.2 Å². The van der Waals surface area contributed by atoms with Gasteiger partial charge in [0.25, 0.3) is 0 Å². The molecule has 2 aromatic rings. The average Bonchev–Trinajstić information content (AvgIpc) is 2.47. The summed E-state index contributed by atoms with van der Waals surface area (Å²) in [7, 11) is 0. The minimum Gasteiger partial charge on any atom is -0.387 e. The topological polar surface area (TPSA) is 48.9 Å². The number of benzene rings is 1. The second kappa shape index (κ2) is 2.60.